The van der Waals surface area contributed by atoms with E-state index < -0.39 is 11.5 Å². The van der Waals surface area contributed by atoms with Crippen LogP contribution in [0.15, 0.2) is 18.7 Å². The van der Waals surface area contributed by atoms with E-state index in [4.69, 9.17) is 0 Å². The zero-order valence-electron chi connectivity index (χ0n) is 8.89. The summed E-state index contributed by atoms with van der Waals surface area (Å²) in [6.07, 6.45) is 8.38. The Bertz CT molecular complexity index is 337. The molecule has 0 unspecified atom stereocenters. The lowest BCUT2D eigenvalue weighted by atomic mass is 9.77. The Morgan fingerprint density at radius 3 is 2.67 bits per heavy atom. The number of rotatable bonds is 2. The predicted octanol–water partition coefficient (Wildman–Crippen LogP) is 1.87. The minimum absolute atomic E-state index is 0.640. The third-order valence-electron chi connectivity index (χ3n) is 3.50. The molecular weight excluding hydrogens is 192 g/mol. The van der Waals surface area contributed by atoms with E-state index in [0.717, 1.165) is 12.8 Å². The Morgan fingerprint density at radius 2 is 2.20 bits per heavy atom. The van der Waals surface area contributed by atoms with Crippen LogP contribution >= 0.6 is 0 Å². The van der Waals surface area contributed by atoms with E-state index in [1.54, 1.807) is 23.3 Å². The summed E-state index contributed by atoms with van der Waals surface area (Å²) in [6.45, 7) is 2.18. The van der Waals surface area contributed by atoms with Crippen LogP contribution in [0.4, 0.5) is 0 Å². The van der Waals surface area contributed by atoms with Gasteiger partial charge in [-0.1, -0.05) is 6.92 Å². The maximum atomic E-state index is 11.4. The van der Waals surface area contributed by atoms with Crippen molar-refractivity contribution in [2.24, 2.45) is 5.92 Å². The average molecular weight is 208 g/mol. The van der Waals surface area contributed by atoms with Gasteiger partial charge in [-0.25, -0.2) is 9.78 Å². The van der Waals surface area contributed by atoms with Gasteiger partial charge in [0, 0.05) is 12.4 Å². The summed E-state index contributed by atoms with van der Waals surface area (Å²) >= 11 is 0. The van der Waals surface area contributed by atoms with Crippen LogP contribution in [-0.4, -0.2) is 20.6 Å². The van der Waals surface area contributed by atoms with Crippen molar-refractivity contribution in [3.63, 3.8) is 0 Å². The molecule has 15 heavy (non-hydrogen) atoms. The summed E-state index contributed by atoms with van der Waals surface area (Å²) in [5.41, 5.74) is -0.747. The lowest BCUT2D eigenvalue weighted by Gasteiger charge is -2.36. The first kappa shape index (κ1) is 10.2. The predicted molar refractivity (Wildman–Crippen MR) is 55.5 cm³/mol. The van der Waals surface area contributed by atoms with E-state index in [9.17, 15) is 9.90 Å². The van der Waals surface area contributed by atoms with Crippen LogP contribution < -0.4 is 0 Å². The highest BCUT2D eigenvalue weighted by molar-refractivity contribution is 5.76. The number of imidazole rings is 1. The van der Waals surface area contributed by atoms with Crippen molar-refractivity contribution in [1.82, 2.24) is 9.55 Å². The Morgan fingerprint density at radius 1 is 1.53 bits per heavy atom. The number of hydrogen-bond acceptors (Lipinski definition) is 2. The topological polar surface area (TPSA) is 55.1 Å². The molecule has 0 radical (unpaired) electrons. The summed E-state index contributed by atoms with van der Waals surface area (Å²) < 4.78 is 1.75. The van der Waals surface area contributed by atoms with Gasteiger partial charge in [0.15, 0.2) is 0 Å². The SMILES string of the molecule is CC1CCC(C(=O)O)(n2ccnc2)CC1. The van der Waals surface area contributed by atoms with Crippen molar-refractivity contribution < 1.29 is 9.90 Å². The molecule has 0 atom stereocenters. The van der Waals surface area contributed by atoms with Crippen LogP contribution in [0.2, 0.25) is 0 Å². The number of hydrogen-bond donors (Lipinski definition) is 1. The zero-order valence-corrected chi connectivity index (χ0v) is 8.89. The van der Waals surface area contributed by atoms with E-state index in [0.29, 0.717) is 18.8 Å². The molecule has 4 heteroatoms. The Kier molecular flexibility index (Phi) is 2.50. The molecule has 82 valence electrons. The molecule has 0 bridgehead atoms. The van der Waals surface area contributed by atoms with Crippen LogP contribution in [0.3, 0.4) is 0 Å². The van der Waals surface area contributed by atoms with Gasteiger partial charge in [-0.2, -0.15) is 0 Å². The fourth-order valence-electron chi connectivity index (χ4n) is 2.33. The first-order valence-electron chi connectivity index (χ1n) is 5.37. The maximum absolute atomic E-state index is 11.4. The van der Waals surface area contributed by atoms with Gasteiger partial charge in [0.2, 0.25) is 0 Å². The second-order valence-electron chi connectivity index (χ2n) is 4.49. The van der Waals surface area contributed by atoms with Crippen molar-refractivity contribution in [2.75, 3.05) is 0 Å². The number of carboxylic acids is 1. The Hall–Kier alpha value is -1.32. The number of aromatic nitrogens is 2. The molecule has 1 N–H and O–H groups in total. The molecule has 1 heterocycles. The molecule has 1 aliphatic carbocycles. The average Bonchev–Trinajstić information content (AvgIpc) is 2.72. The largest absolute Gasteiger partial charge is 0.479 e. The Balaban J connectivity index is 2.30. The third kappa shape index (κ3) is 1.64. The van der Waals surface area contributed by atoms with Crippen molar-refractivity contribution in [3.05, 3.63) is 18.7 Å². The molecule has 1 saturated carbocycles. The summed E-state index contributed by atoms with van der Waals surface area (Å²) in [6, 6.07) is 0. The second-order valence-corrected chi connectivity index (χ2v) is 4.49. The fraction of sp³-hybridized carbons (Fsp3) is 0.636. The molecule has 0 saturated heterocycles. The fourth-order valence-corrected chi connectivity index (χ4v) is 2.33. The van der Waals surface area contributed by atoms with Crippen LogP contribution in [0.5, 0.6) is 0 Å². The summed E-state index contributed by atoms with van der Waals surface area (Å²) in [7, 11) is 0. The van der Waals surface area contributed by atoms with Gasteiger partial charge >= 0.3 is 5.97 Å². The van der Waals surface area contributed by atoms with E-state index in [2.05, 4.69) is 11.9 Å². The molecule has 1 aliphatic rings. The number of nitrogens with zero attached hydrogens (tertiary/aromatic N) is 2. The van der Waals surface area contributed by atoms with Crippen molar-refractivity contribution in [2.45, 2.75) is 38.1 Å². The molecule has 0 aromatic carbocycles. The zero-order chi connectivity index (χ0) is 10.9. The van der Waals surface area contributed by atoms with Crippen molar-refractivity contribution in [3.8, 4) is 0 Å². The van der Waals surface area contributed by atoms with Gasteiger partial charge in [0.05, 0.1) is 6.33 Å². The highest BCUT2D eigenvalue weighted by Crippen LogP contribution is 2.37. The molecule has 0 spiro atoms. The van der Waals surface area contributed by atoms with E-state index in [-0.39, 0.29) is 0 Å². The molecule has 1 aromatic heterocycles. The van der Waals surface area contributed by atoms with Gasteiger partial charge in [0.1, 0.15) is 5.54 Å². The van der Waals surface area contributed by atoms with Crippen LogP contribution in [0, 0.1) is 5.92 Å². The second kappa shape index (κ2) is 3.68. The van der Waals surface area contributed by atoms with Gasteiger partial charge in [-0.15, -0.1) is 0 Å². The number of carboxylic acid groups (broad SMARTS) is 1. The van der Waals surface area contributed by atoms with E-state index in [1.807, 2.05) is 0 Å². The van der Waals surface area contributed by atoms with Crippen LogP contribution in [0.25, 0.3) is 0 Å². The van der Waals surface area contributed by atoms with Gasteiger partial charge in [0.25, 0.3) is 0 Å². The van der Waals surface area contributed by atoms with E-state index >= 15 is 0 Å². The van der Waals surface area contributed by atoms with Gasteiger partial charge in [-0.05, 0) is 31.6 Å². The Labute approximate surface area is 88.9 Å². The first-order valence-corrected chi connectivity index (χ1v) is 5.37. The van der Waals surface area contributed by atoms with Gasteiger partial charge < -0.3 is 9.67 Å². The molecule has 1 fully saturated rings. The number of aliphatic carboxylic acids is 1. The summed E-state index contributed by atoms with van der Waals surface area (Å²) in [4.78, 5) is 15.4. The van der Waals surface area contributed by atoms with Crippen LogP contribution in [0.1, 0.15) is 32.6 Å². The standard InChI is InChI=1S/C11H16N2O2/c1-9-2-4-11(5-3-9,10(14)15)13-7-6-12-8-13/h6-9H,2-5H2,1H3,(H,14,15). The maximum Gasteiger partial charge on any atom is 0.329 e. The molecule has 4 nitrogen and oxygen atoms in total. The monoisotopic (exact) mass is 208 g/mol. The molecule has 2 rings (SSSR count). The molecule has 0 aliphatic heterocycles. The molecular formula is C11H16N2O2. The smallest absolute Gasteiger partial charge is 0.329 e. The van der Waals surface area contributed by atoms with Crippen molar-refractivity contribution >= 4 is 5.97 Å². The lowest BCUT2D eigenvalue weighted by molar-refractivity contribution is -0.150. The van der Waals surface area contributed by atoms with Crippen LogP contribution in [-0.2, 0) is 10.3 Å². The summed E-state index contributed by atoms with van der Waals surface area (Å²) in [5, 5.41) is 9.40. The first-order chi connectivity index (χ1) is 7.15. The summed E-state index contributed by atoms with van der Waals surface area (Å²) in [5.74, 6) is -0.0894. The quantitative estimate of drug-likeness (QED) is 0.807. The van der Waals surface area contributed by atoms with E-state index in [1.165, 1.54) is 0 Å². The third-order valence-corrected chi connectivity index (χ3v) is 3.50. The highest BCUT2D eigenvalue weighted by Gasteiger charge is 2.42. The molecule has 1 aromatic rings. The highest BCUT2D eigenvalue weighted by atomic mass is 16.4. The molecule has 0 amide bonds. The number of carbonyl (C=O) groups is 1. The van der Waals surface area contributed by atoms with Gasteiger partial charge in [-0.3, -0.25) is 0 Å². The normalized spacial score (nSPS) is 31.4. The minimum Gasteiger partial charge on any atom is -0.479 e. The lowest BCUT2D eigenvalue weighted by Crippen LogP contribution is -2.44. The minimum atomic E-state index is -0.747. The van der Waals surface area contributed by atoms with Crippen molar-refractivity contribution in [1.29, 1.82) is 0 Å².